The van der Waals surface area contributed by atoms with Crippen LogP contribution in [0.5, 0.6) is 0 Å². The van der Waals surface area contributed by atoms with Gasteiger partial charge in [-0.1, -0.05) is 12.1 Å². The average Bonchev–Trinajstić information content (AvgIpc) is 3.34. The minimum absolute atomic E-state index is 0.0961. The third kappa shape index (κ3) is 4.06. The van der Waals surface area contributed by atoms with Crippen LogP contribution in [0.4, 0.5) is 5.82 Å². The summed E-state index contributed by atoms with van der Waals surface area (Å²) < 4.78 is 7.06. The van der Waals surface area contributed by atoms with Crippen LogP contribution in [-0.4, -0.2) is 44.0 Å². The van der Waals surface area contributed by atoms with Gasteiger partial charge in [0.05, 0.1) is 17.2 Å². The summed E-state index contributed by atoms with van der Waals surface area (Å²) >= 11 is 0. The van der Waals surface area contributed by atoms with Crippen molar-refractivity contribution in [2.45, 2.75) is 25.3 Å². The number of aromatic nitrogens is 5. The summed E-state index contributed by atoms with van der Waals surface area (Å²) in [5, 5.41) is 10.3. The standard InChI is InChI=1S/C23H24N6O2/c1-29-21-11-16(17-13-25-26-14-17)3-4-19(21)28-20(23(29)30)10-15-2-5-22(24-12-15)27-18-6-8-31-9-7-18/h2-5,11-14,18H,6-10H2,1H3,(H,24,27)(H,25,26). The van der Waals surface area contributed by atoms with E-state index in [1.54, 1.807) is 17.8 Å². The Kier molecular flexibility index (Phi) is 5.21. The smallest absolute Gasteiger partial charge is 0.272 e. The Labute approximate surface area is 179 Å². The van der Waals surface area contributed by atoms with Crippen LogP contribution in [0, 0.1) is 0 Å². The number of aryl methyl sites for hydroxylation is 1. The molecule has 1 saturated heterocycles. The molecule has 0 bridgehead atoms. The molecule has 2 N–H and O–H groups in total. The van der Waals surface area contributed by atoms with Gasteiger partial charge in [-0.2, -0.15) is 5.10 Å². The highest BCUT2D eigenvalue weighted by Gasteiger charge is 2.14. The number of hydrogen-bond donors (Lipinski definition) is 2. The molecule has 31 heavy (non-hydrogen) atoms. The van der Waals surface area contributed by atoms with E-state index in [2.05, 4.69) is 25.5 Å². The Hall–Kier alpha value is -3.52. The highest BCUT2D eigenvalue weighted by atomic mass is 16.5. The van der Waals surface area contributed by atoms with Gasteiger partial charge in [0.2, 0.25) is 0 Å². The lowest BCUT2D eigenvalue weighted by Crippen LogP contribution is -2.28. The first-order valence-corrected chi connectivity index (χ1v) is 10.5. The van der Waals surface area contributed by atoms with Crippen molar-refractivity contribution in [3.8, 4) is 11.1 Å². The molecule has 0 amide bonds. The molecule has 4 aromatic rings. The summed E-state index contributed by atoms with van der Waals surface area (Å²) in [6, 6.07) is 10.3. The number of nitrogens with zero attached hydrogens (tertiary/aromatic N) is 4. The summed E-state index contributed by atoms with van der Waals surface area (Å²) in [6.45, 7) is 1.58. The van der Waals surface area contributed by atoms with E-state index >= 15 is 0 Å². The van der Waals surface area contributed by atoms with E-state index in [-0.39, 0.29) is 5.56 Å². The normalized spacial score (nSPS) is 14.7. The van der Waals surface area contributed by atoms with Crippen molar-refractivity contribution >= 4 is 16.9 Å². The van der Waals surface area contributed by atoms with Gasteiger partial charge in [-0.3, -0.25) is 9.89 Å². The number of ether oxygens (including phenoxy) is 1. The van der Waals surface area contributed by atoms with Crippen LogP contribution in [0.1, 0.15) is 24.1 Å². The number of nitrogens with one attached hydrogen (secondary N) is 2. The number of rotatable bonds is 5. The molecule has 4 heterocycles. The van der Waals surface area contributed by atoms with Crippen molar-refractivity contribution < 1.29 is 4.74 Å². The fraction of sp³-hybridized carbons (Fsp3) is 0.304. The Morgan fingerprint density at radius 2 is 2.03 bits per heavy atom. The van der Waals surface area contributed by atoms with E-state index in [1.165, 1.54) is 0 Å². The number of benzene rings is 1. The van der Waals surface area contributed by atoms with E-state index in [4.69, 9.17) is 4.74 Å². The Balaban J connectivity index is 1.38. The fourth-order valence-corrected chi connectivity index (χ4v) is 3.95. The third-order valence-electron chi connectivity index (χ3n) is 5.74. The maximum Gasteiger partial charge on any atom is 0.272 e. The second-order valence-electron chi connectivity index (χ2n) is 7.87. The molecule has 0 saturated carbocycles. The number of H-pyrrole nitrogens is 1. The Morgan fingerprint density at radius 1 is 1.16 bits per heavy atom. The molecule has 8 nitrogen and oxygen atoms in total. The van der Waals surface area contributed by atoms with Crippen molar-refractivity contribution in [2.75, 3.05) is 18.5 Å². The van der Waals surface area contributed by atoms with E-state index in [1.807, 2.05) is 42.7 Å². The molecule has 158 valence electrons. The molecule has 1 aliphatic rings. The molecule has 0 aliphatic carbocycles. The van der Waals surface area contributed by atoms with Crippen molar-refractivity contribution in [3.63, 3.8) is 0 Å². The van der Waals surface area contributed by atoms with Crippen LogP contribution < -0.4 is 10.9 Å². The quantitative estimate of drug-likeness (QED) is 0.519. The molecule has 1 fully saturated rings. The van der Waals surface area contributed by atoms with E-state index < -0.39 is 0 Å². The highest BCUT2D eigenvalue weighted by molar-refractivity contribution is 5.81. The van der Waals surface area contributed by atoms with E-state index in [0.717, 1.165) is 59.6 Å². The number of anilines is 1. The summed E-state index contributed by atoms with van der Waals surface area (Å²) in [7, 11) is 1.79. The lowest BCUT2D eigenvalue weighted by atomic mass is 10.1. The average molecular weight is 416 g/mol. The van der Waals surface area contributed by atoms with Crippen LogP contribution in [-0.2, 0) is 18.2 Å². The van der Waals surface area contributed by atoms with Crippen LogP contribution in [0.25, 0.3) is 22.2 Å². The minimum Gasteiger partial charge on any atom is -0.381 e. The van der Waals surface area contributed by atoms with Gasteiger partial charge in [0.25, 0.3) is 5.56 Å². The number of aromatic amines is 1. The second-order valence-corrected chi connectivity index (χ2v) is 7.87. The van der Waals surface area contributed by atoms with Gasteiger partial charge in [-0.05, 0) is 42.2 Å². The zero-order valence-corrected chi connectivity index (χ0v) is 17.3. The van der Waals surface area contributed by atoms with Gasteiger partial charge in [-0.25, -0.2) is 9.97 Å². The largest absolute Gasteiger partial charge is 0.381 e. The SMILES string of the molecule is Cn1c(=O)c(Cc2ccc(NC3CCOCC3)nc2)nc2ccc(-c3cn[nH]c3)cc21. The molecule has 1 aromatic carbocycles. The summed E-state index contributed by atoms with van der Waals surface area (Å²) in [5.41, 5.74) is 4.91. The number of pyridine rings is 1. The number of hydrogen-bond acceptors (Lipinski definition) is 6. The van der Waals surface area contributed by atoms with Crippen molar-refractivity contribution in [2.24, 2.45) is 7.05 Å². The topological polar surface area (TPSA) is 97.7 Å². The monoisotopic (exact) mass is 416 g/mol. The van der Waals surface area contributed by atoms with E-state index in [0.29, 0.717) is 18.2 Å². The van der Waals surface area contributed by atoms with Gasteiger partial charge in [0, 0.05) is 50.7 Å². The lowest BCUT2D eigenvalue weighted by molar-refractivity contribution is 0.0904. The van der Waals surface area contributed by atoms with Gasteiger partial charge >= 0.3 is 0 Å². The van der Waals surface area contributed by atoms with Crippen LogP contribution in [0.3, 0.4) is 0 Å². The highest BCUT2D eigenvalue weighted by Crippen LogP contribution is 2.22. The van der Waals surface area contributed by atoms with Crippen molar-refractivity contribution in [1.29, 1.82) is 0 Å². The first kappa shape index (κ1) is 19.4. The molecular weight excluding hydrogens is 392 g/mol. The summed E-state index contributed by atoms with van der Waals surface area (Å²) in [5.74, 6) is 0.849. The third-order valence-corrected chi connectivity index (χ3v) is 5.74. The molecule has 0 radical (unpaired) electrons. The Morgan fingerprint density at radius 3 is 2.77 bits per heavy atom. The zero-order chi connectivity index (χ0) is 21.2. The van der Waals surface area contributed by atoms with Crippen LogP contribution >= 0.6 is 0 Å². The van der Waals surface area contributed by atoms with Crippen LogP contribution in [0.2, 0.25) is 0 Å². The van der Waals surface area contributed by atoms with Gasteiger partial charge < -0.3 is 14.6 Å². The molecule has 0 atom stereocenters. The van der Waals surface area contributed by atoms with Gasteiger partial charge in [0.15, 0.2) is 0 Å². The summed E-state index contributed by atoms with van der Waals surface area (Å²) in [4.78, 5) is 22.1. The van der Waals surface area contributed by atoms with Gasteiger partial charge in [0.1, 0.15) is 11.5 Å². The molecular formula is C23H24N6O2. The Bertz CT molecular complexity index is 1240. The molecule has 0 spiro atoms. The molecule has 3 aromatic heterocycles. The zero-order valence-electron chi connectivity index (χ0n) is 17.3. The van der Waals surface area contributed by atoms with Crippen molar-refractivity contribution in [3.05, 3.63) is 70.5 Å². The van der Waals surface area contributed by atoms with Crippen LogP contribution in [0.15, 0.2) is 53.7 Å². The maximum absolute atomic E-state index is 13.0. The van der Waals surface area contributed by atoms with Gasteiger partial charge in [-0.15, -0.1) is 0 Å². The lowest BCUT2D eigenvalue weighted by Gasteiger charge is -2.23. The maximum atomic E-state index is 13.0. The molecule has 0 unspecified atom stereocenters. The predicted octanol–water partition coefficient (Wildman–Crippen LogP) is 2.90. The molecule has 1 aliphatic heterocycles. The number of fused-ring (bicyclic) bond motifs is 1. The first-order valence-electron chi connectivity index (χ1n) is 10.5. The van der Waals surface area contributed by atoms with Crippen molar-refractivity contribution in [1.82, 2.24) is 24.7 Å². The predicted molar refractivity (Wildman–Crippen MR) is 119 cm³/mol. The minimum atomic E-state index is -0.0961. The molecule has 5 rings (SSSR count). The second kappa shape index (κ2) is 8.31. The van der Waals surface area contributed by atoms with E-state index in [9.17, 15) is 4.79 Å². The first-order chi connectivity index (χ1) is 15.2. The fourth-order valence-electron chi connectivity index (χ4n) is 3.95. The summed E-state index contributed by atoms with van der Waals surface area (Å²) in [6.07, 6.45) is 7.82. The molecule has 8 heteroatoms.